The van der Waals surface area contributed by atoms with Gasteiger partial charge in [-0.1, -0.05) is 0 Å². The Balaban J connectivity index is 1.34. The third-order valence-electron chi connectivity index (χ3n) is 7.95. The number of aromatic nitrogens is 2. The molecule has 3 fully saturated rings. The molecule has 3 aliphatic rings. The second-order valence-electron chi connectivity index (χ2n) is 10.7. The van der Waals surface area contributed by atoms with Gasteiger partial charge in [0.15, 0.2) is 0 Å². The van der Waals surface area contributed by atoms with Gasteiger partial charge in [-0.2, -0.15) is 5.10 Å². The zero-order valence-electron chi connectivity index (χ0n) is 22.6. The number of amides is 5. The van der Waals surface area contributed by atoms with Gasteiger partial charge >= 0.3 is 6.03 Å². The Kier molecular flexibility index (Phi) is 8.46. The van der Waals surface area contributed by atoms with E-state index in [0.29, 0.717) is 44.6 Å². The van der Waals surface area contributed by atoms with Crippen LogP contribution in [0, 0.1) is 5.92 Å². The van der Waals surface area contributed by atoms with Crippen molar-refractivity contribution in [1.82, 2.24) is 30.2 Å². The molecule has 0 saturated carbocycles. The Morgan fingerprint density at radius 1 is 1.00 bits per heavy atom. The molecule has 0 bridgehead atoms. The van der Waals surface area contributed by atoms with Gasteiger partial charge in [-0.05, 0) is 63.1 Å². The van der Waals surface area contributed by atoms with Crippen molar-refractivity contribution < 1.29 is 19.2 Å². The molecule has 5 rings (SSSR count). The lowest BCUT2D eigenvalue weighted by Crippen LogP contribution is -2.48. The Morgan fingerprint density at radius 2 is 1.75 bits per heavy atom. The quantitative estimate of drug-likeness (QED) is 0.322. The second kappa shape index (κ2) is 12.3. The average Bonchev–Trinajstić information content (AvgIpc) is 3.63. The number of likely N-dealkylation sites (tertiary alicyclic amines) is 3. The predicted octanol–water partition coefficient (Wildman–Crippen LogP) is 1.24. The molecule has 3 aliphatic heterocycles. The summed E-state index contributed by atoms with van der Waals surface area (Å²) in [5.74, 6) is -0.626. The standard InChI is InChI=1S/C27H37N9O4/c28-26(40)35-13-8-18(9-14-35)24(38)32-27(30-20-7-6-19-16-29-33-22(19)15-20)31-21-5-1-2-12-36(25(21)39)17-23(37)34-10-3-4-11-34/h6-7,15-16,18,21H,1-5,8-14,17H2,(H2,28,40)(H,29,33)(H2,30,31,32,38)/t21-/m0/s1. The number of urea groups is 1. The molecule has 5 N–H and O–H groups in total. The molecule has 2 aromatic rings. The molecule has 0 aliphatic carbocycles. The highest BCUT2D eigenvalue weighted by Crippen LogP contribution is 2.21. The minimum atomic E-state index is -0.732. The molecule has 40 heavy (non-hydrogen) atoms. The van der Waals surface area contributed by atoms with E-state index in [1.54, 1.807) is 11.1 Å². The van der Waals surface area contributed by atoms with Gasteiger partial charge in [-0.25, -0.2) is 9.79 Å². The van der Waals surface area contributed by atoms with Crippen LogP contribution in [0.1, 0.15) is 44.9 Å². The van der Waals surface area contributed by atoms with E-state index in [-0.39, 0.29) is 36.1 Å². The maximum Gasteiger partial charge on any atom is 0.314 e. The van der Waals surface area contributed by atoms with Crippen molar-refractivity contribution >= 4 is 46.3 Å². The van der Waals surface area contributed by atoms with Crippen LogP contribution in [0.5, 0.6) is 0 Å². The van der Waals surface area contributed by atoms with Crippen LogP contribution in [0.4, 0.5) is 10.5 Å². The molecule has 4 heterocycles. The summed E-state index contributed by atoms with van der Waals surface area (Å²) in [7, 11) is 0. The van der Waals surface area contributed by atoms with E-state index in [2.05, 4.69) is 20.8 Å². The van der Waals surface area contributed by atoms with Crippen LogP contribution in [0.3, 0.4) is 0 Å². The van der Waals surface area contributed by atoms with Crippen LogP contribution in [0.2, 0.25) is 0 Å². The molecule has 1 aromatic carbocycles. The number of benzene rings is 1. The molecule has 1 aromatic heterocycles. The fraction of sp³-hybridized carbons (Fsp3) is 0.556. The lowest BCUT2D eigenvalue weighted by molar-refractivity contribution is -0.140. The first-order valence-electron chi connectivity index (χ1n) is 14.1. The van der Waals surface area contributed by atoms with Gasteiger partial charge in [0.1, 0.15) is 6.04 Å². The number of hydrogen-bond acceptors (Lipinski definition) is 6. The molecule has 214 valence electrons. The molecule has 13 heteroatoms. The lowest BCUT2D eigenvalue weighted by Gasteiger charge is -2.30. The molecule has 0 radical (unpaired) electrons. The summed E-state index contributed by atoms with van der Waals surface area (Å²) in [6.07, 6.45) is 6.76. The highest BCUT2D eigenvalue weighted by Gasteiger charge is 2.31. The lowest BCUT2D eigenvalue weighted by atomic mass is 9.96. The fourth-order valence-electron chi connectivity index (χ4n) is 5.58. The van der Waals surface area contributed by atoms with E-state index in [4.69, 9.17) is 10.7 Å². The van der Waals surface area contributed by atoms with Crippen LogP contribution in [0.15, 0.2) is 29.4 Å². The number of aliphatic imine (C=N–C) groups is 1. The predicted molar refractivity (Wildman–Crippen MR) is 149 cm³/mol. The summed E-state index contributed by atoms with van der Waals surface area (Å²) >= 11 is 0. The van der Waals surface area contributed by atoms with Crippen molar-refractivity contribution in [2.75, 3.05) is 44.6 Å². The molecule has 0 unspecified atom stereocenters. The number of rotatable bonds is 5. The number of anilines is 1. The number of carbonyl (C=O) groups is 4. The van der Waals surface area contributed by atoms with Crippen molar-refractivity contribution in [3.8, 4) is 0 Å². The number of guanidine groups is 1. The monoisotopic (exact) mass is 551 g/mol. The zero-order chi connectivity index (χ0) is 28.1. The first-order valence-corrected chi connectivity index (χ1v) is 14.1. The van der Waals surface area contributed by atoms with E-state index in [0.717, 1.165) is 49.7 Å². The van der Waals surface area contributed by atoms with Crippen LogP contribution in [-0.2, 0) is 14.4 Å². The summed E-state index contributed by atoms with van der Waals surface area (Å²) < 4.78 is 0. The van der Waals surface area contributed by atoms with E-state index in [9.17, 15) is 19.2 Å². The maximum atomic E-state index is 13.6. The largest absolute Gasteiger partial charge is 0.351 e. The number of primary amides is 1. The SMILES string of the molecule is NC(=O)N1CCC(C(=O)NC(=N[C@H]2CCCCN(CC(=O)N3CCCC3)C2=O)Nc2ccc3cn[nH]c3c2)CC1. The number of nitrogens with one attached hydrogen (secondary N) is 3. The summed E-state index contributed by atoms with van der Waals surface area (Å²) in [6.45, 7) is 2.85. The average molecular weight is 552 g/mol. The van der Waals surface area contributed by atoms with Crippen molar-refractivity contribution in [2.24, 2.45) is 16.6 Å². The molecular weight excluding hydrogens is 514 g/mol. The van der Waals surface area contributed by atoms with Crippen molar-refractivity contribution in [3.05, 3.63) is 24.4 Å². The summed E-state index contributed by atoms with van der Waals surface area (Å²) in [5.41, 5.74) is 6.86. The van der Waals surface area contributed by atoms with E-state index >= 15 is 0 Å². The number of nitrogens with zero attached hydrogens (tertiary/aromatic N) is 5. The van der Waals surface area contributed by atoms with Gasteiger partial charge in [0, 0.05) is 49.7 Å². The number of fused-ring (bicyclic) bond motifs is 1. The van der Waals surface area contributed by atoms with E-state index < -0.39 is 12.1 Å². The van der Waals surface area contributed by atoms with Crippen molar-refractivity contribution in [1.29, 1.82) is 0 Å². The molecule has 3 saturated heterocycles. The number of hydrogen-bond donors (Lipinski definition) is 4. The van der Waals surface area contributed by atoms with Gasteiger partial charge in [-0.3, -0.25) is 24.8 Å². The first-order chi connectivity index (χ1) is 19.4. The fourth-order valence-corrected chi connectivity index (χ4v) is 5.58. The topological polar surface area (TPSA) is 169 Å². The minimum absolute atomic E-state index is 0.0303. The second-order valence-corrected chi connectivity index (χ2v) is 10.7. The molecule has 0 spiro atoms. The number of nitrogens with two attached hydrogens (primary N) is 1. The van der Waals surface area contributed by atoms with E-state index in [1.807, 2.05) is 23.1 Å². The Bertz CT molecular complexity index is 1280. The van der Waals surface area contributed by atoms with E-state index in [1.165, 1.54) is 4.90 Å². The normalized spacial score (nSPS) is 21.0. The smallest absolute Gasteiger partial charge is 0.314 e. The highest BCUT2D eigenvalue weighted by atomic mass is 16.2. The van der Waals surface area contributed by atoms with Crippen LogP contribution < -0.4 is 16.4 Å². The van der Waals surface area contributed by atoms with Gasteiger partial charge in [0.25, 0.3) is 0 Å². The first kappa shape index (κ1) is 27.4. The van der Waals surface area contributed by atoms with Gasteiger partial charge in [0.05, 0.1) is 18.3 Å². The summed E-state index contributed by atoms with van der Waals surface area (Å²) in [5, 5.41) is 14.0. The van der Waals surface area contributed by atoms with Crippen LogP contribution in [-0.4, -0.2) is 99.9 Å². The third-order valence-corrected chi connectivity index (χ3v) is 7.95. The molecule has 13 nitrogen and oxygen atoms in total. The Morgan fingerprint density at radius 3 is 2.50 bits per heavy atom. The molecule has 5 amide bonds. The van der Waals surface area contributed by atoms with Crippen LogP contribution >= 0.6 is 0 Å². The maximum absolute atomic E-state index is 13.6. The number of H-pyrrole nitrogens is 1. The number of aromatic amines is 1. The van der Waals surface area contributed by atoms with Crippen molar-refractivity contribution in [2.45, 2.75) is 51.0 Å². The van der Waals surface area contributed by atoms with Gasteiger partial charge in [-0.15, -0.1) is 0 Å². The summed E-state index contributed by atoms with van der Waals surface area (Å²) in [4.78, 5) is 60.8. The summed E-state index contributed by atoms with van der Waals surface area (Å²) in [6, 6.07) is 4.37. The van der Waals surface area contributed by atoms with Gasteiger partial charge in [0.2, 0.25) is 23.7 Å². The van der Waals surface area contributed by atoms with Crippen molar-refractivity contribution in [3.63, 3.8) is 0 Å². The Hall–Kier alpha value is -4.16. The zero-order valence-corrected chi connectivity index (χ0v) is 22.6. The number of piperidine rings is 1. The number of carbonyl (C=O) groups excluding carboxylic acids is 4. The van der Waals surface area contributed by atoms with Crippen LogP contribution in [0.25, 0.3) is 10.9 Å². The Labute approximate surface area is 232 Å². The molecule has 1 atom stereocenters. The van der Waals surface area contributed by atoms with Gasteiger partial charge < -0.3 is 25.8 Å². The highest BCUT2D eigenvalue weighted by molar-refractivity contribution is 6.06. The molecular formula is C27H37N9O4. The third kappa shape index (κ3) is 6.52. The minimum Gasteiger partial charge on any atom is -0.351 e.